The maximum Gasteiger partial charge on any atom is 0.184 e. The van der Waals surface area contributed by atoms with Gasteiger partial charge in [0.1, 0.15) is 17.6 Å². The van der Waals surface area contributed by atoms with Crippen LogP contribution in [0.2, 0.25) is 5.02 Å². The minimum Gasteiger partial charge on any atom is -0.376 e. The lowest BCUT2D eigenvalue weighted by Crippen LogP contribution is -2.45. The van der Waals surface area contributed by atoms with Crippen LogP contribution in [0.4, 0.5) is 0 Å². The lowest BCUT2D eigenvalue weighted by atomic mass is 10.1. The molecular weight excluding hydrogens is 474 g/mol. The van der Waals surface area contributed by atoms with Gasteiger partial charge in [-0.3, -0.25) is 9.97 Å². The normalized spacial score (nSPS) is 22.3. The Hall–Kier alpha value is -2.04. The van der Waals surface area contributed by atoms with Gasteiger partial charge in [-0.05, 0) is 25.1 Å². The van der Waals surface area contributed by atoms with Gasteiger partial charge in [0, 0.05) is 48.3 Å². The molecule has 1 aliphatic rings. The van der Waals surface area contributed by atoms with Crippen LogP contribution in [0.15, 0.2) is 72.0 Å². The Bertz CT molecular complexity index is 1040. The fourth-order valence-corrected chi connectivity index (χ4v) is 5.13. The Morgan fingerprint density at radius 2 is 2.03 bits per heavy atom. The molecule has 1 saturated heterocycles. The van der Waals surface area contributed by atoms with Crippen molar-refractivity contribution >= 4 is 23.4 Å². The Labute approximate surface area is 208 Å². The number of methoxy groups -OCH3 is 1. The molecule has 0 amide bonds. The summed E-state index contributed by atoms with van der Waals surface area (Å²) >= 11 is 7.76. The first-order chi connectivity index (χ1) is 16.6. The molecule has 2 aromatic heterocycles. The number of hydrogen-bond acceptors (Lipinski definition) is 8. The van der Waals surface area contributed by atoms with Crippen molar-refractivity contribution in [2.24, 2.45) is 5.73 Å². The third-order valence-corrected chi connectivity index (χ3v) is 6.91. The van der Waals surface area contributed by atoms with E-state index in [1.807, 2.05) is 55.5 Å². The van der Waals surface area contributed by atoms with Gasteiger partial charge in [0.15, 0.2) is 6.29 Å². The van der Waals surface area contributed by atoms with Crippen molar-refractivity contribution in [3.63, 3.8) is 0 Å². The number of benzene rings is 1. The molecule has 3 aromatic rings. The van der Waals surface area contributed by atoms with Crippen LogP contribution >= 0.6 is 23.4 Å². The van der Waals surface area contributed by atoms with Gasteiger partial charge in [-0.25, -0.2) is 0 Å². The zero-order valence-electron chi connectivity index (χ0n) is 19.0. The topological polar surface area (TPSA) is 88.7 Å². The van der Waals surface area contributed by atoms with Crippen LogP contribution < -0.4 is 5.73 Å². The highest BCUT2D eigenvalue weighted by Gasteiger charge is 2.35. The molecule has 1 fully saturated rings. The highest BCUT2D eigenvalue weighted by atomic mass is 35.5. The second kappa shape index (κ2) is 12.1. The maximum atomic E-state index is 6.49. The summed E-state index contributed by atoms with van der Waals surface area (Å²) in [7, 11) is 1.62. The number of ether oxygens (including phenoxy) is 4. The number of rotatable bonds is 9. The molecule has 180 valence electrons. The minimum absolute atomic E-state index is 0.201. The molecule has 3 heterocycles. The molecule has 0 bridgehead atoms. The number of pyridine rings is 2. The summed E-state index contributed by atoms with van der Waals surface area (Å²) in [6, 6.07) is 15.5. The SMILES string of the molecule is CO[C@@H](CN)C(OC1COC(c2ccccc2)OC1C)Sc1cc(Cl)cnc1-c1cccnc1. The molecule has 9 heteroatoms. The Morgan fingerprint density at radius 1 is 1.21 bits per heavy atom. The molecule has 5 atom stereocenters. The van der Waals surface area contributed by atoms with Crippen molar-refractivity contribution in [2.75, 3.05) is 20.3 Å². The molecule has 7 nitrogen and oxygen atoms in total. The Balaban J connectivity index is 1.53. The number of nitrogens with two attached hydrogens (primary N) is 1. The van der Waals surface area contributed by atoms with Crippen LogP contribution in [-0.4, -0.2) is 54.0 Å². The molecule has 0 spiro atoms. The second-order valence-corrected chi connectivity index (χ2v) is 9.41. The summed E-state index contributed by atoms with van der Waals surface area (Å²) in [6.45, 7) is 2.64. The van der Waals surface area contributed by atoms with E-state index in [-0.39, 0.29) is 24.9 Å². The zero-order chi connectivity index (χ0) is 23.9. The summed E-state index contributed by atoms with van der Waals surface area (Å²) in [5.74, 6) is 0. The molecule has 1 aromatic carbocycles. The van der Waals surface area contributed by atoms with Gasteiger partial charge >= 0.3 is 0 Å². The molecule has 2 N–H and O–H groups in total. The van der Waals surface area contributed by atoms with E-state index in [2.05, 4.69) is 9.97 Å². The van der Waals surface area contributed by atoms with E-state index in [4.69, 9.17) is 36.3 Å². The lowest BCUT2D eigenvalue weighted by Gasteiger charge is -2.37. The van der Waals surface area contributed by atoms with Crippen molar-refractivity contribution in [2.45, 2.75) is 41.9 Å². The van der Waals surface area contributed by atoms with Crippen LogP contribution in [0.25, 0.3) is 11.3 Å². The zero-order valence-corrected chi connectivity index (χ0v) is 20.6. The third-order valence-electron chi connectivity index (χ3n) is 5.49. The number of halogens is 1. The van der Waals surface area contributed by atoms with Crippen molar-refractivity contribution < 1.29 is 18.9 Å². The standard InChI is InChI=1S/C25H28ClN3O4S/c1-16-21(15-31-24(32-16)17-7-4-3-5-8-17)33-25(20(12-27)30-2)34-22-11-19(26)14-29-23(22)18-9-6-10-28-13-18/h3-11,13-14,16,20-21,24-25H,12,15,27H2,1-2H3/t16?,20-,21?,24?,25?/m0/s1. The first-order valence-corrected chi connectivity index (χ1v) is 12.3. The van der Waals surface area contributed by atoms with E-state index < -0.39 is 11.7 Å². The monoisotopic (exact) mass is 501 g/mol. The maximum absolute atomic E-state index is 6.49. The summed E-state index contributed by atoms with van der Waals surface area (Å²) in [5.41, 5.74) is 8.19. The highest BCUT2D eigenvalue weighted by Crippen LogP contribution is 2.37. The first-order valence-electron chi connectivity index (χ1n) is 11.0. The van der Waals surface area contributed by atoms with Gasteiger partial charge < -0.3 is 24.7 Å². The van der Waals surface area contributed by atoms with Gasteiger partial charge in [-0.2, -0.15) is 0 Å². The average Bonchev–Trinajstić information content (AvgIpc) is 2.87. The second-order valence-electron chi connectivity index (χ2n) is 7.83. The molecule has 0 aliphatic carbocycles. The minimum atomic E-state index is -0.446. The predicted molar refractivity (Wildman–Crippen MR) is 133 cm³/mol. The van der Waals surface area contributed by atoms with Gasteiger partial charge in [0.2, 0.25) is 0 Å². The van der Waals surface area contributed by atoms with Gasteiger partial charge in [-0.15, -0.1) is 0 Å². The van der Waals surface area contributed by atoms with Crippen LogP contribution in [0, 0.1) is 0 Å². The number of aromatic nitrogens is 2. The molecule has 4 rings (SSSR count). The molecule has 4 unspecified atom stereocenters. The largest absolute Gasteiger partial charge is 0.376 e. The van der Waals surface area contributed by atoms with Gasteiger partial charge in [-0.1, -0.05) is 53.7 Å². The summed E-state index contributed by atoms with van der Waals surface area (Å²) in [6.07, 6.45) is 3.80. The van der Waals surface area contributed by atoms with Crippen LogP contribution in [0.1, 0.15) is 18.8 Å². The number of thioether (sulfide) groups is 1. The van der Waals surface area contributed by atoms with Crippen molar-refractivity contribution in [3.05, 3.63) is 77.7 Å². The quantitative estimate of drug-likeness (QED) is 0.333. The van der Waals surface area contributed by atoms with Crippen LogP contribution in [0.3, 0.4) is 0 Å². The fourth-order valence-electron chi connectivity index (χ4n) is 3.61. The van der Waals surface area contributed by atoms with Gasteiger partial charge in [0.05, 0.1) is 23.4 Å². The van der Waals surface area contributed by atoms with E-state index >= 15 is 0 Å². The number of hydrogen-bond donors (Lipinski definition) is 1. The van der Waals surface area contributed by atoms with E-state index in [1.54, 1.807) is 25.7 Å². The van der Waals surface area contributed by atoms with E-state index in [9.17, 15) is 0 Å². The molecule has 0 radical (unpaired) electrons. The smallest absolute Gasteiger partial charge is 0.184 e. The van der Waals surface area contributed by atoms with Crippen molar-refractivity contribution in [3.8, 4) is 11.3 Å². The Morgan fingerprint density at radius 3 is 2.71 bits per heavy atom. The van der Waals surface area contributed by atoms with Crippen LogP contribution in [-0.2, 0) is 18.9 Å². The lowest BCUT2D eigenvalue weighted by molar-refractivity contribution is -0.266. The predicted octanol–water partition coefficient (Wildman–Crippen LogP) is 4.71. The van der Waals surface area contributed by atoms with E-state index in [0.29, 0.717) is 11.6 Å². The van der Waals surface area contributed by atoms with E-state index in [1.165, 1.54) is 11.8 Å². The average molecular weight is 502 g/mol. The van der Waals surface area contributed by atoms with Crippen molar-refractivity contribution in [1.82, 2.24) is 9.97 Å². The molecular formula is C25H28ClN3O4S. The van der Waals surface area contributed by atoms with Crippen LogP contribution in [0.5, 0.6) is 0 Å². The first kappa shape index (κ1) is 25.1. The number of nitrogens with zero attached hydrogens (tertiary/aromatic N) is 2. The summed E-state index contributed by atoms with van der Waals surface area (Å²) in [5, 5.41) is 0.527. The summed E-state index contributed by atoms with van der Waals surface area (Å²) in [4.78, 5) is 9.60. The molecule has 0 saturated carbocycles. The molecule has 1 aliphatic heterocycles. The third kappa shape index (κ3) is 6.14. The fraction of sp³-hybridized carbons (Fsp3) is 0.360. The highest BCUT2D eigenvalue weighted by molar-refractivity contribution is 8.00. The van der Waals surface area contributed by atoms with Crippen molar-refractivity contribution in [1.29, 1.82) is 0 Å². The van der Waals surface area contributed by atoms with Gasteiger partial charge in [0.25, 0.3) is 0 Å². The van der Waals surface area contributed by atoms with E-state index in [0.717, 1.165) is 21.7 Å². The molecule has 34 heavy (non-hydrogen) atoms. The Kier molecular flexibility index (Phi) is 8.91. The summed E-state index contributed by atoms with van der Waals surface area (Å²) < 4.78 is 24.3.